The zero-order valence-corrected chi connectivity index (χ0v) is 18.3. The lowest BCUT2D eigenvalue weighted by molar-refractivity contribution is -0.153. The van der Waals surface area contributed by atoms with Gasteiger partial charge in [0.15, 0.2) is 0 Å². The summed E-state index contributed by atoms with van der Waals surface area (Å²) in [4.78, 5) is 37.2. The van der Waals surface area contributed by atoms with Crippen molar-refractivity contribution in [3.05, 3.63) is 48.0 Å². The summed E-state index contributed by atoms with van der Waals surface area (Å²) in [6.07, 6.45) is 3.44. The summed E-state index contributed by atoms with van der Waals surface area (Å²) in [6.45, 7) is 0. The number of ether oxygens (including phenoxy) is 2. The Hall–Kier alpha value is -3.55. The van der Waals surface area contributed by atoms with Gasteiger partial charge in [-0.2, -0.15) is 0 Å². The summed E-state index contributed by atoms with van der Waals surface area (Å²) in [6, 6.07) is 11.8. The Morgan fingerprint density at radius 3 is 2.00 bits per heavy atom. The predicted octanol–water partition coefficient (Wildman–Crippen LogP) is 4.32. The van der Waals surface area contributed by atoms with Gasteiger partial charge in [-0.1, -0.05) is 37.5 Å². The van der Waals surface area contributed by atoms with Crippen LogP contribution in [0, 0.1) is 5.41 Å². The summed E-state index contributed by atoms with van der Waals surface area (Å²) in [5, 5.41) is 15.3. The molecule has 2 amide bonds. The first-order valence-electron chi connectivity index (χ1n) is 10.5. The molecule has 0 atom stereocenters. The van der Waals surface area contributed by atoms with Gasteiger partial charge >= 0.3 is 5.97 Å². The van der Waals surface area contributed by atoms with Gasteiger partial charge in [0, 0.05) is 24.1 Å². The lowest BCUT2D eigenvalue weighted by Gasteiger charge is -2.32. The molecule has 170 valence electrons. The Labute approximate surface area is 186 Å². The number of anilines is 2. The topological polar surface area (TPSA) is 114 Å². The third kappa shape index (κ3) is 5.19. The minimum atomic E-state index is -1.04. The molecule has 0 unspecified atom stereocenters. The molecule has 8 nitrogen and oxygen atoms in total. The summed E-state index contributed by atoms with van der Waals surface area (Å²) in [5.74, 6) is -1.01. The van der Waals surface area contributed by atoms with E-state index in [0.29, 0.717) is 41.3 Å². The van der Waals surface area contributed by atoms with Gasteiger partial charge in [-0.3, -0.25) is 14.4 Å². The highest BCUT2D eigenvalue weighted by atomic mass is 16.5. The Morgan fingerprint density at radius 2 is 1.47 bits per heavy atom. The van der Waals surface area contributed by atoms with Crippen LogP contribution in [-0.2, 0) is 9.59 Å². The number of carboxylic acids is 1. The number of carboxylic acid groups (broad SMARTS) is 1. The van der Waals surface area contributed by atoms with Crippen molar-refractivity contribution in [2.45, 2.75) is 38.5 Å². The maximum atomic E-state index is 12.8. The standard InChI is InChI=1S/C24H28N2O6/c1-31-19-14-18(26-22(28)16-9-5-3-6-10-16)20(32-2)13-17(19)25-21(27)15-24(23(29)30)11-7-4-8-12-24/h3,5-6,9-10,13-14H,4,7-8,11-12,15H2,1-2H3,(H,25,27)(H,26,28)(H,29,30). The van der Waals surface area contributed by atoms with E-state index in [4.69, 9.17) is 9.47 Å². The third-order valence-corrected chi connectivity index (χ3v) is 5.84. The lowest BCUT2D eigenvalue weighted by Crippen LogP contribution is -2.37. The van der Waals surface area contributed by atoms with Crippen LogP contribution in [0.25, 0.3) is 0 Å². The van der Waals surface area contributed by atoms with E-state index in [0.717, 1.165) is 19.3 Å². The van der Waals surface area contributed by atoms with E-state index in [2.05, 4.69) is 10.6 Å². The van der Waals surface area contributed by atoms with Crippen molar-refractivity contribution in [2.24, 2.45) is 5.41 Å². The van der Waals surface area contributed by atoms with E-state index >= 15 is 0 Å². The minimum absolute atomic E-state index is 0.111. The lowest BCUT2D eigenvalue weighted by atomic mass is 9.71. The van der Waals surface area contributed by atoms with Crippen molar-refractivity contribution in [3.63, 3.8) is 0 Å². The number of carbonyl (C=O) groups excluding carboxylic acids is 2. The highest BCUT2D eigenvalue weighted by molar-refractivity contribution is 6.05. The number of rotatable bonds is 8. The second kappa shape index (κ2) is 10.2. The molecule has 32 heavy (non-hydrogen) atoms. The van der Waals surface area contributed by atoms with Crippen molar-refractivity contribution in [1.29, 1.82) is 0 Å². The SMILES string of the molecule is COc1cc(NC(=O)c2ccccc2)c(OC)cc1NC(=O)CC1(C(=O)O)CCCCC1. The maximum Gasteiger partial charge on any atom is 0.310 e. The van der Waals surface area contributed by atoms with Crippen LogP contribution in [0.5, 0.6) is 11.5 Å². The first kappa shape index (κ1) is 23.1. The van der Waals surface area contributed by atoms with Gasteiger partial charge in [0.1, 0.15) is 11.5 Å². The molecular formula is C24H28N2O6. The number of methoxy groups -OCH3 is 2. The molecule has 0 radical (unpaired) electrons. The number of carbonyl (C=O) groups is 3. The average Bonchev–Trinajstić information content (AvgIpc) is 2.80. The summed E-state index contributed by atoms with van der Waals surface area (Å²) >= 11 is 0. The van der Waals surface area contributed by atoms with Gasteiger partial charge in [-0.05, 0) is 25.0 Å². The first-order chi connectivity index (χ1) is 15.4. The van der Waals surface area contributed by atoms with Gasteiger partial charge in [0.05, 0.1) is 31.0 Å². The van der Waals surface area contributed by atoms with Crippen LogP contribution in [0.15, 0.2) is 42.5 Å². The first-order valence-corrected chi connectivity index (χ1v) is 10.5. The van der Waals surface area contributed by atoms with Crippen LogP contribution in [0.3, 0.4) is 0 Å². The average molecular weight is 440 g/mol. The van der Waals surface area contributed by atoms with Gasteiger partial charge < -0.3 is 25.2 Å². The van der Waals surface area contributed by atoms with E-state index in [1.807, 2.05) is 6.07 Å². The van der Waals surface area contributed by atoms with Crippen molar-refractivity contribution < 1.29 is 29.0 Å². The van der Waals surface area contributed by atoms with Crippen LogP contribution in [0.4, 0.5) is 11.4 Å². The fraction of sp³-hybridized carbons (Fsp3) is 0.375. The Bertz CT molecular complexity index is 983. The molecule has 0 aromatic heterocycles. The van der Waals surface area contributed by atoms with Gasteiger partial charge in [-0.15, -0.1) is 0 Å². The predicted molar refractivity (Wildman–Crippen MR) is 120 cm³/mol. The molecule has 1 aliphatic carbocycles. The Kier molecular flexibility index (Phi) is 7.35. The van der Waals surface area contributed by atoms with Crippen LogP contribution in [0.1, 0.15) is 48.9 Å². The third-order valence-electron chi connectivity index (χ3n) is 5.84. The molecule has 1 saturated carbocycles. The van der Waals surface area contributed by atoms with Gasteiger partial charge in [0.2, 0.25) is 5.91 Å². The van der Waals surface area contributed by atoms with Gasteiger partial charge in [-0.25, -0.2) is 0 Å². The van der Waals surface area contributed by atoms with E-state index in [-0.39, 0.29) is 12.3 Å². The molecule has 3 rings (SSSR count). The highest BCUT2D eigenvalue weighted by Crippen LogP contribution is 2.41. The summed E-state index contributed by atoms with van der Waals surface area (Å²) < 4.78 is 10.8. The van der Waals surface area contributed by atoms with E-state index < -0.39 is 17.3 Å². The van der Waals surface area contributed by atoms with E-state index in [1.165, 1.54) is 14.2 Å². The summed E-state index contributed by atoms with van der Waals surface area (Å²) in [7, 11) is 2.90. The van der Waals surface area contributed by atoms with Crippen LogP contribution in [0.2, 0.25) is 0 Å². The largest absolute Gasteiger partial charge is 0.494 e. The number of nitrogens with one attached hydrogen (secondary N) is 2. The van der Waals surface area contributed by atoms with Crippen LogP contribution >= 0.6 is 0 Å². The minimum Gasteiger partial charge on any atom is -0.494 e. The molecule has 0 heterocycles. The molecule has 0 aliphatic heterocycles. The molecule has 0 bridgehead atoms. The smallest absolute Gasteiger partial charge is 0.310 e. The number of aliphatic carboxylic acids is 1. The molecule has 0 spiro atoms. The zero-order chi connectivity index (χ0) is 23.1. The Balaban J connectivity index is 1.80. The monoisotopic (exact) mass is 440 g/mol. The van der Waals surface area contributed by atoms with Crippen LogP contribution < -0.4 is 20.1 Å². The fourth-order valence-electron chi connectivity index (χ4n) is 4.07. The molecule has 0 saturated heterocycles. The Morgan fingerprint density at radius 1 is 0.906 bits per heavy atom. The zero-order valence-electron chi connectivity index (χ0n) is 18.3. The molecule has 2 aromatic carbocycles. The molecule has 2 aromatic rings. The number of benzene rings is 2. The molecule has 3 N–H and O–H groups in total. The van der Waals surface area contributed by atoms with Crippen molar-refractivity contribution in [3.8, 4) is 11.5 Å². The number of hydrogen-bond donors (Lipinski definition) is 3. The molecule has 1 fully saturated rings. The quantitative estimate of drug-likeness (QED) is 0.563. The van der Waals surface area contributed by atoms with E-state index in [1.54, 1.807) is 36.4 Å². The van der Waals surface area contributed by atoms with Crippen molar-refractivity contribution >= 4 is 29.2 Å². The van der Waals surface area contributed by atoms with Crippen molar-refractivity contribution in [2.75, 3.05) is 24.9 Å². The highest BCUT2D eigenvalue weighted by Gasteiger charge is 2.41. The van der Waals surface area contributed by atoms with Crippen LogP contribution in [-0.4, -0.2) is 37.1 Å². The summed E-state index contributed by atoms with van der Waals surface area (Å²) in [5.41, 5.74) is 0.162. The molecular weight excluding hydrogens is 412 g/mol. The normalized spacial score (nSPS) is 14.8. The molecule has 8 heteroatoms. The van der Waals surface area contributed by atoms with E-state index in [9.17, 15) is 19.5 Å². The second-order valence-corrected chi connectivity index (χ2v) is 7.94. The maximum absolute atomic E-state index is 12.8. The van der Waals surface area contributed by atoms with Gasteiger partial charge in [0.25, 0.3) is 5.91 Å². The number of amides is 2. The van der Waals surface area contributed by atoms with Crippen molar-refractivity contribution in [1.82, 2.24) is 0 Å². The molecule has 1 aliphatic rings. The second-order valence-electron chi connectivity index (χ2n) is 7.94. The number of hydrogen-bond acceptors (Lipinski definition) is 5. The fourth-order valence-corrected chi connectivity index (χ4v) is 4.07.